The van der Waals surface area contributed by atoms with Crippen molar-refractivity contribution < 1.29 is 0 Å². The fourth-order valence-electron chi connectivity index (χ4n) is 2.08. The largest absolute Gasteiger partial charge is 0.368 e. The molecule has 0 spiro atoms. The molecule has 0 fully saturated rings. The molecule has 0 saturated heterocycles. The van der Waals surface area contributed by atoms with Gasteiger partial charge in [0.15, 0.2) is 5.82 Å². The molecule has 3 rings (SSSR count). The second-order valence-electron chi connectivity index (χ2n) is 5.31. The number of aromatic nitrogens is 6. The molecule has 0 aliphatic heterocycles. The van der Waals surface area contributed by atoms with Crippen LogP contribution in [0.1, 0.15) is 11.4 Å². The summed E-state index contributed by atoms with van der Waals surface area (Å²) >= 11 is 0. The number of nitriles is 1. The van der Waals surface area contributed by atoms with Crippen LogP contribution in [-0.2, 0) is 0 Å². The average Bonchev–Trinajstić information content (AvgIpc) is 3.14. The number of nitrogen functional groups attached to an aromatic ring is 1. The number of hydrogen-bond donors (Lipinski definition) is 1. The van der Waals surface area contributed by atoms with Crippen LogP contribution in [0.2, 0.25) is 0 Å². The van der Waals surface area contributed by atoms with Gasteiger partial charge >= 0.3 is 0 Å². The van der Waals surface area contributed by atoms with Crippen molar-refractivity contribution >= 4 is 23.5 Å². The van der Waals surface area contributed by atoms with E-state index < -0.39 is 0 Å². The fourth-order valence-corrected chi connectivity index (χ4v) is 2.08. The lowest BCUT2D eigenvalue weighted by atomic mass is 10.1. The highest BCUT2D eigenvalue weighted by Gasteiger charge is 2.10. The van der Waals surface area contributed by atoms with Crippen LogP contribution in [0.4, 0.5) is 11.9 Å². The maximum absolute atomic E-state index is 9.47. The molecule has 1 aromatic carbocycles. The molecule has 2 N–H and O–H groups in total. The highest BCUT2D eigenvalue weighted by Crippen LogP contribution is 2.18. The quantitative estimate of drug-likeness (QED) is 0.706. The van der Waals surface area contributed by atoms with Gasteiger partial charge in [0.2, 0.25) is 11.9 Å². The van der Waals surface area contributed by atoms with Gasteiger partial charge in [-0.3, -0.25) is 0 Å². The van der Waals surface area contributed by atoms with Crippen molar-refractivity contribution in [3.8, 4) is 11.8 Å². The third kappa shape index (κ3) is 3.59. The lowest BCUT2D eigenvalue weighted by molar-refractivity contribution is 0.879. The van der Waals surface area contributed by atoms with Crippen LogP contribution in [0, 0.1) is 11.3 Å². The summed E-state index contributed by atoms with van der Waals surface area (Å²) in [5.41, 5.74) is 7.71. The number of hydrogen-bond acceptors (Lipinski definition) is 8. The predicted molar refractivity (Wildman–Crippen MR) is 93.4 cm³/mol. The Morgan fingerprint density at radius 1 is 1.20 bits per heavy atom. The monoisotopic (exact) mass is 333 g/mol. The van der Waals surface area contributed by atoms with E-state index >= 15 is 0 Å². The van der Waals surface area contributed by atoms with Crippen molar-refractivity contribution in [3.05, 3.63) is 48.3 Å². The van der Waals surface area contributed by atoms with Gasteiger partial charge in [0.1, 0.15) is 18.7 Å². The van der Waals surface area contributed by atoms with Crippen LogP contribution in [0.25, 0.3) is 17.3 Å². The fraction of sp³-hybridized carbons (Fsp3) is 0.125. The zero-order valence-electron chi connectivity index (χ0n) is 13.7. The van der Waals surface area contributed by atoms with E-state index in [0.29, 0.717) is 11.5 Å². The van der Waals surface area contributed by atoms with Crippen LogP contribution < -0.4 is 10.6 Å². The predicted octanol–water partition coefficient (Wildman–Crippen LogP) is 1.16. The summed E-state index contributed by atoms with van der Waals surface area (Å²) in [5.74, 6) is 0.695. The van der Waals surface area contributed by atoms with E-state index in [1.54, 1.807) is 36.1 Å². The summed E-state index contributed by atoms with van der Waals surface area (Å²) in [6.07, 6.45) is 4.77. The molecule has 0 atom stereocenters. The van der Waals surface area contributed by atoms with Crippen LogP contribution in [0.5, 0.6) is 0 Å². The number of anilines is 2. The molecule has 0 radical (unpaired) electrons. The molecule has 0 aliphatic rings. The first-order chi connectivity index (χ1) is 12.1. The van der Waals surface area contributed by atoms with Gasteiger partial charge in [-0.1, -0.05) is 12.1 Å². The summed E-state index contributed by atoms with van der Waals surface area (Å²) in [5, 5.41) is 13.5. The van der Waals surface area contributed by atoms with Gasteiger partial charge in [0, 0.05) is 14.1 Å². The standard InChI is InChI=1S/C16H15N9/c1-24(2)16-22-14(21-15(18)23-16)12(8-17)7-11-3-5-13(6-4-11)25-10-19-9-20-25/h3-7,9-10H,1-2H3,(H2,18,21,22,23)/b12-7-. The van der Waals surface area contributed by atoms with Crippen LogP contribution in [0.15, 0.2) is 36.9 Å². The zero-order valence-corrected chi connectivity index (χ0v) is 13.7. The third-order valence-corrected chi connectivity index (χ3v) is 3.29. The summed E-state index contributed by atoms with van der Waals surface area (Å²) in [6.45, 7) is 0. The van der Waals surface area contributed by atoms with Crippen LogP contribution in [0.3, 0.4) is 0 Å². The van der Waals surface area contributed by atoms with Crippen molar-refractivity contribution in [2.24, 2.45) is 0 Å². The smallest absolute Gasteiger partial charge is 0.230 e. The Kier molecular flexibility index (Phi) is 4.34. The number of nitrogens with two attached hydrogens (primary N) is 1. The highest BCUT2D eigenvalue weighted by atomic mass is 15.3. The first-order valence-electron chi connectivity index (χ1n) is 7.33. The van der Waals surface area contributed by atoms with Crippen LogP contribution >= 0.6 is 0 Å². The Hall–Kier alpha value is -3.80. The van der Waals surface area contributed by atoms with E-state index in [-0.39, 0.29) is 11.8 Å². The number of rotatable bonds is 4. The average molecular weight is 333 g/mol. The Labute approximate surface area is 144 Å². The lowest BCUT2D eigenvalue weighted by Gasteiger charge is -2.11. The van der Waals surface area contributed by atoms with Crippen molar-refractivity contribution in [2.75, 3.05) is 24.7 Å². The molecule has 0 saturated carbocycles. The van der Waals surface area contributed by atoms with Crippen LogP contribution in [-0.4, -0.2) is 43.8 Å². The molecule has 3 aromatic rings. The summed E-state index contributed by atoms with van der Waals surface area (Å²) < 4.78 is 1.65. The number of benzene rings is 1. The SMILES string of the molecule is CN(C)c1nc(N)nc(/C(C#N)=C\c2ccc(-n3cncn3)cc2)n1. The van der Waals surface area contributed by atoms with Crippen molar-refractivity contribution in [2.45, 2.75) is 0 Å². The first kappa shape index (κ1) is 16.1. The Morgan fingerprint density at radius 3 is 2.56 bits per heavy atom. The summed E-state index contributed by atoms with van der Waals surface area (Å²) in [7, 11) is 3.58. The molecule has 2 aromatic heterocycles. The van der Waals surface area contributed by atoms with Gasteiger partial charge in [0.05, 0.1) is 11.3 Å². The minimum Gasteiger partial charge on any atom is -0.368 e. The van der Waals surface area contributed by atoms with Gasteiger partial charge in [-0.2, -0.15) is 25.3 Å². The summed E-state index contributed by atoms with van der Waals surface area (Å²) in [4.78, 5) is 18.0. The van der Waals surface area contributed by atoms with Gasteiger partial charge in [-0.05, 0) is 23.8 Å². The maximum Gasteiger partial charge on any atom is 0.230 e. The van der Waals surface area contributed by atoms with Crippen molar-refractivity contribution in [1.82, 2.24) is 29.7 Å². The van der Waals surface area contributed by atoms with Gasteiger partial charge in [-0.15, -0.1) is 0 Å². The van der Waals surface area contributed by atoms with Gasteiger partial charge in [-0.25, -0.2) is 9.67 Å². The van der Waals surface area contributed by atoms with E-state index in [4.69, 9.17) is 5.73 Å². The third-order valence-electron chi connectivity index (χ3n) is 3.29. The van der Waals surface area contributed by atoms with Crippen molar-refractivity contribution in [3.63, 3.8) is 0 Å². The molecular weight excluding hydrogens is 318 g/mol. The first-order valence-corrected chi connectivity index (χ1v) is 7.33. The van der Waals surface area contributed by atoms with E-state index in [2.05, 4.69) is 31.1 Å². The molecule has 9 nitrogen and oxygen atoms in total. The Balaban J connectivity index is 1.94. The van der Waals surface area contributed by atoms with E-state index in [1.807, 2.05) is 24.3 Å². The van der Waals surface area contributed by atoms with Crippen molar-refractivity contribution in [1.29, 1.82) is 5.26 Å². The van der Waals surface area contributed by atoms with E-state index in [0.717, 1.165) is 11.3 Å². The molecule has 0 amide bonds. The minimum atomic E-state index is 0.0661. The number of nitrogens with zero attached hydrogens (tertiary/aromatic N) is 8. The highest BCUT2D eigenvalue weighted by molar-refractivity contribution is 5.87. The Bertz CT molecular complexity index is 935. The van der Waals surface area contributed by atoms with E-state index in [9.17, 15) is 5.26 Å². The van der Waals surface area contributed by atoms with Gasteiger partial charge < -0.3 is 10.6 Å². The second-order valence-corrected chi connectivity index (χ2v) is 5.31. The molecular formula is C16H15N9. The minimum absolute atomic E-state index is 0.0661. The topological polar surface area (TPSA) is 122 Å². The second kappa shape index (κ2) is 6.76. The summed E-state index contributed by atoms with van der Waals surface area (Å²) in [6, 6.07) is 9.60. The lowest BCUT2D eigenvalue weighted by Crippen LogP contribution is -2.15. The molecule has 9 heteroatoms. The Morgan fingerprint density at radius 2 is 1.96 bits per heavy atom. The normalized spacial score (nSPS) is 11.2. The molecule has 0 aliphatic carbocycles. The van der Waals surface area contributed by atoms with E-state index in [1.165, 1.54) is 6.33 Å². The van der Waals surface area contributed by atoms with Gasteiger partial charge in [0.25, 0.3) is 0 Å². The molecule has 2 heterocycles. The molecule has 124 valence electrons. The molecule has 25 heavy (non-hydrogen) atoms. The maximum atomic E-state index is 9.47. The molecule has 0 bridgehead atoms. The number of allylic oxidation sites excluding steroid dienone is 1. The zero-order chi connectivity index (χ0) is 17.8. The molecule has 0 unspecified atom stereocenters.